The van der Waals surface area contributed by atoms with Crippen molar-refractivity contribution in [1.82, 2.24) is 9.80 Å². The molecule has 4 nitrogen and oxygen atoms in total. The number of hydrogen-bond acceptors (Lipinski definition) is 2. The van der Waals surface area contributed by atoms with Crippen molar-refractivity contribution in [2.24, 2.45) is 0 Å². The first-order chi connectivity index (χ1) is 12.8. The lowest BCUT2D eigenvalue weighted by molar-refractivity contribution is -0.137. The highest BCUT2D eigenvalue weighted by molar-refractivity contribution is 6.31. The van der Waals surface area contributed by atoms with E-state index in [0.29, 0.717) is 37.7 Å². The summed E-state index contributed by atoms with van der Waals surface area (Å²) in [5.41, 5.74) is 0.374. The summed E-state index contributed by atoms with van der Waals surface area (Å²) in [6, 6.07) is 11.9. The minimum Gasteiger partial charge on any atom is -0.322 e. The van der Waals surface area contributed by atoms with Crippen molar-refractivity contribution in [2.75, 3.05) is 31.5 Å². The highest BCUT2D eigenvalue weighted by Crippen LogP contribution is 2.30. The van der Waals surface area contributed by atoms with E-state index in [1.54, 1.807) is 4.90 Å². The highest BCUT2D eigenvalue weighted by Gasteiger charge is 2.30. The molecule has 8 heteroatoms. The first-order valence-corrected chi connectivity index (χ1v) is 8.90. The fourth-order valence-corrected chi connectivity index (χ4v) is 3.15. The smallest absolute Gasteiger partial charge is 0.322 e. The van der Waals surface area contributed by atoms with Crippen LogP contribution in [0.25, 0.3) is 0 Å². The molecule has 2 aromatic carbocycles. The molecule has 1 saturated heterocycles. The van der Waals surface area contributed by atoms with Crippen LogP contribution in [0.2, 0.25) is 5.02 Å². The molecule has 0 bridgehead atoms. The molecule has 0 radical (unpaired) electrons. The Labute approximate surface area is 160 Å². The van der Waals surface area contributed by atoms with E-state index in [1.807, 2.05) is 24.3 Å². The zero-order valence-electron chi connectivity index (χ0n) is 14.5. The average molecular weight is 398 g/mol. The summed E-state index contributed by atoms with van der Waals surface area (Å²) in [7, 11) is 0. The van der Waals surface area contributed by atoms with Gasteiger partial charge < -0.3 is 10.2 Å². The maximum atomic E-state index is 12.8. The molecule has 1 aliphatic rings. The van der Waals surface area contributed by atoms with E-state index in [4.69, 9.17) is 11.6 Å². The molecule has 0 saturated carbocycles. The molecular formula is C19H19ClF3N3O. The van der Waals surface area contributed by atoms with Gasteiger partial charge in [-0.3, -0.25) is 4.90 Å². The minimum atomic E-state index is -4.44. The number of nitrogens with one attached hydrogen (secondary N) is 1. The standard InChI is InChI=1S/C19H19ClF3N3O/c20-17-7-2-1-4-14(17)13-25-8-10-26(11-9-25)18(27)24-16-6-3-5-15(12-16)19(21,22)23/h1-7,12H,8-11,13H2,(H,24,27). The number of urea groups is 1. The summed E-state index contributed by atoms with van der Waals surface area (Å²) in [6.45, 7) is 3.02. The van der Waals surface area contributed by atoms with Gasteiger partial charge in [-0.1, -0.05) is 35.9 Å². The molecule has 27 heavy (non-hydrogen) atoms. The Morgan fingerprint density at radius 1 is 1.04 bits per heavy atom. The molecule has 2 amide bonds. The topological polar surface area (TPSA) is 35.6 Å². The average Bonchev–Trinajstić information content (AvgIpc) is 2.64. The summed E-state index contributed by atoms with van der Waals surface area (Å²) in [4.78, 5) is 16.1. The van der Waals surface area contributed by atoms with E-state index < -0.39 is 17.8 Å². The lowest BCUT2D eigenvalue weighted by atomic mass is 10.2. The number of nitrogens with zero attached hydrogens (tertiary/aromatic N) is 2. The number of hydrogen-bond donors (Lipinski definition) is 1. The third kappa shape index (κ3) is 5.14. The zero-order valence-corrected chi connectivity index (χ0v) is 15.2. The van der Waals surface area contributed by atoms with Crippen LogP contribution in [0.15, 0.2) is 48.5 Å². The SMILES string of the molecule is O=C(Nc1cccc(C(F)(F)F)c1)N1CCN(Cc2ccccc2Cl)CC1. The van der Waals surface area contributed by atoms with Crippen LogP contribution in [0, 0.1) is 0 Å². The first-order valence-electron chi connectivity index (χ1n) is 8.52. The second kappa shape index (κ2) is 8.19. The van der Waals surface area contributed by atoms with Gasteiger partial charge in [0.05, 0.1) is 5.56 Å². The number of rotatable bonds is 3. The van der Waals surface area contributed by atoms with E-state index >= 15 is 0 Å². The van der Waals surface area contributed by atoms with Crippen LogP contribution in [0.1, 0.15) is 11.1 Å². The van der Waals surface area contributed by atoms with Crippen molar-refractivity contribution in [3.63, 3.8) is 0 Å². The van der Waals surface area contributed by atoms with Gasteiger partial charge >= 0.3 is 12.2 Å². The minimum absolute atomic E-state index is 0.133. The molecule has 1 aliphatic heterocycles. The number of piperazine rings is 1. The van der Waals surface area contributed by atoms with E-state index in [2.05, 4.69) is 10.2 Å². The van der Waals surface area contributed by atoms with E-state index in [9.17, 15) is 18.0 Å². The van der Waals surface area contributed by atoms with Gasteiger partial charge in [0.15, 0.2) is 0 Å². The fraction of sp³-hybridized carbons (Fsp3) is 0.316. The predicted molar refractivity (Wildman–Crippen MR) is 98.8 cm³/mol. The van der Waals surface area contributed by atoms with Crippen LogP contribution in [0.3, 0.4) is 0 Å². The predicted octanol–water partition coefficient (Wildman–Crippen LogP) is 4.71. The number of amides is 2. The van der Waals surface area contributed by atoms with Crippen LogP contribution in [0.4, 0.5) is 23.7 Å². The third-order valence-corrected chi connectivity index (χ3v) is 4.82. The Hall–Kier alpha value is -2.25. The lowest BCUT2D eigenvalue weighted by Gasteiger charge is -2.34. The molecule has 1 heterocycles. The normalized spacial score (nSPS) is 15.6. The van der Waals surface area contributed by atoms with E-state index in [-0.39, 0.29) is 5.69 Å². The molecule has 2 aromatic rings. The van der Waals surface area contributed by atoms with Gasteiger partial charge in [-0.15, -0.1) is 0 Å². The van der Waals surface area contributed by atoms with Gasteiger partial charge in [-0.25, -0.2) is 4.79 Å². The second-order valence-electron chi connectivity index (χ2n) is 6.36. The maximum Gasteiger partial charge on any atom is 0.416 e. The number of alkyl halides is 3. The van der Waals surface area contributed by atoms with Gasteiger partial charge in [0.25, 0.3) is 0 Å². The molecule has 144 valence electrons. The molecular weight excluding hydrogens is 379 g/mol. The van der Waals surface area contributed by atoms with Crippen LogP contribution < -0.4 is 5.32 Å². The number of carbonyl (C=O) groups is 1. The molecule has 1 N–H and O–H groups in total. The largest absolute Gasteiger partial charge is 0.416 e. The Morgan fingerprint density at radius 2 is 1.74 bits per heavy atom. The van der Waals surface area contributed by atoms with Crippen molar-refractivity contribution in [3.05, 3.63) is 64.7 Å². The number of anilines is 1. The summed E-state index contributed by atoms with van der Waals surface area (Å²) < 4.78 is 38.3. The summed E-state index contributed by atoms with van der Waals surface area (Å²) in [6.07, 6.45) is -4.44. The number of carbonyl (C=O) groups excluding carboxylic acids is 1. The van der Waals surface area contributed by atoms with E-state index in [1.165, 1.54) is 12.1 Å². The molecule has 1 fully saturated rings. The Morgan fingerprint density at radius 3 is 2.41 bits per heavy atom. The number of benzene rings is 2. The van der Waals surface area contributed by atoms with Crippen LogP contribution in [-0.4, -0.2) is 42.0 Å². The highest BCUT2D eigenvalue weighted by atomic mass is 35.5. The molecule has 3 rings (SSSR count). The van der Waals surface area contributed by atoms with Crippen molar-refractivity contribution >= 4 is 23.3 Å². The van der Waals surface area contributed by atoms with Crippen LogP contribution >= 0.6 is 11.6 Å². The Kier molecular flexibility index (Phi) is 5.92. The van der Waals surface area contributed by atoms with Crippen LogP contribution in [-0.2, 0) is 12.7 Å². The van der Waals surface area contributed by atoms with Gasteiger partial charge in [-0.2, -0.15) is 13.2 Å². The number of halogens is 4. The van der Waals surface area contributed by atoms with Gasteiger partial charge in [0, 0.05) is 43.4 Å². The lowest BCUT2D eigenvalue weighted by Crippen LogP contribution is -2.49. The molecule has 0 atom stereocenters. The van der Waals surface area contributed by atoms with Gasteiger partial charge in [-0.05, 0) is 29.8 Å². The Balaban J connectivity index is 1.54. The maximum absolute atomic E-state index is 12.8. The molecule has 0 aromatic heterocycles. The zero-order chi connectivity index (χ0) is 19.4. The molecule has 0 unspecified atom stereocenters. The summed E-state index contributed by atoms with van der Waals surface area (Å²) in [5.74, 6) is 0. The Bertz CT molecular complexity index is 805. The van der Waals surface area contributed by atoms with Crippen molar-refractivity contribution < 1.29 is 18.0 Å². The van der Waals surface area contributed by atoms with Crippen molar-refractivity contribution in [3.8, 4) is 0 Å². The van der Waals surface area contributed by atoms with Gasteiger partial charge in [0.1, 0.15) is 0 Å². The van der Waals surface area contributed by atoms with E-state index in [0.717, 1.165) is 17.7 Å². The van der Waals surface area contributed by atoms with Crippen molar-refractivity contribution in [1.29, 1.82) is 0 Å². The van der Waals surface area contributed by atoms with Crippen LogP contribution in [0.5, 0.6) is 0 Å². The monoisotopic (exact) mass is 397 g/mol. The summed E-state index contributed by atoms with van der Waals surface area (Å²) in [5, 5.41) is 3.26. The molecule has 0 spiro atoms. The summed E-state index contributed by atoms with van der Waals surface area (Å²) >= 11 is 6.18. The molecule has 0 aliphatic carbocycles. The first kappa shape index (κ1) is 19.5. The third-order valence-electron chi connectivity index (χ3n) is 4.45. The van der Waals surface area contributed by atoms with Crippen molar-refractivity contribution in [2.45, 2.75) is 12.7 Å². The quantitative estimate of drug-likeness (QED) is 0.814. The van der Waals surface area contributed by atoms with Gasteiger partial charge in [0.2, 0.25) is 0 Å². The second-order valence-corrected chi connectivity index (χ2v) is 6.77. The fourth-order valence-electron chi connectivity index (χ4n) is 2.95.